The molecule has 1 N–H and O–H groups in total. The van der Waals surface area contributed by atoms with E-state index in [0.717, 1.165) is 21.8 Å². The van der Waals surface area contributed by atoms with Gasteiger partial charge in [0, 0.05) is 29.7 Å². The molecule has 0 unspecified atom stereocenters. The molecule has 0 atom stereocenters. The first-order valence-electron chi connectivity index (χ1n) is 9.54. The van der Waals surface area contributed by atoms with E-state index in [1.807, 2.05) is 72.8 Å². The second-order valence-electron chi connectivity index (χ2n) is 6.65. The maximum Gasteiger partial charge on any atom is 0.261 e. The van der Waals surface area contributed by atoms with Crippen molar-refractivity contribution >= 4 is 22.4 Å². The van der Waals surface area contributed by atoms with Crippen LogP contribution in [0.4, 0.5) is 5.13 Å². The van der Waals surface area contributed by atoms with Crippen molar-refractivity contribution in [3.05, 3.63) is 97.0 Å². The molecule has 5 rings (SSSR count). The zero-order valence-corrected chi connectivity index (χ0v) is 17.0. The molecule has 7 nitrogen and oxygen atoms in total. The highest BCUT2D eigenvalue weighted by molar-refractivity contribution is 7.18. The summed E-state index contributed by atoms with van der Waals surface area (Å²) in [7, 11) is 0. The van der Waals surface area contributed by atoms with E-state index >= 15 is 0 Å². The molecule has 31 heavy (non-hydrogen) atoms. The first-order valence-corrected chi connectivity index (χ1v) is 10.4. The first-order chi connectivity index (χ1) is 15.3. The van der Waals surface area contributed by atoms with Crippen LogP contribution in [-0.2, 0) is 0 Å². The monoisotopic (exact) mass is 424 g/mol. The molecule has 3 aromatic heterocycles. The van der Waals surface area contributed by atoms with Gasteiger partial charge in [-0.2, -0.15) is 5.10 Å². The molecule has 0 saturated carbocycles. The average Bonchev–Trinajstić information content (AvgIpc) is 3.49. The van der Waals surface area contributed by atoms with Crippen LogP contribution < -0.4 is 5.32 Å². The molecule has 0 saturated heterocycles. The van der Waals surface area contributed by atoms with Crippen molar-refractivity contribution in [3.63, 3.8) is 0 Å². The Bertz CT molecular complexity index is 1320. The zero-order valence-electron chi connectivity index (χ0n) is 16.2. The van der Waals surface area contributed by atoms with E-state index in [2.05, 4.69) is 25.6 Å². The Balaban J connectivity index is 1.48. The average molecular weight is 424 g/mol. The summed E-state index contributed by atoms with van der Waals surface area (Å²) < 4.78 is 1.69. The van der Waals surface area contributed by atoms with Gasteiger partial charge in [-0.05, 0) is 24.3 Å². The molecule has 8 heteroatoms. The molecule has 0 aliphatic carbocycles. The predicted octanol–water partition coefficient (Wildman–Crippen LogP) is 4.71. The molecule has 2 aromatic carbocycles. The van der Waals surface area contributed by atoms with Crippen molar-refractivity contribution in [3.8, 4) is 27.5 Å². The number of para-hydroxylation sites is 1. The van der Waals surface area contributed by atoms with Crippen LogP contribution in [0.15, 0.2) is 91.4 Å². The molecule has 0 bridgehead atoms. The fourth-order valence-electron chi connectivity index (χ4n) is 3.10. The number of hydrogen-bond donors (Lipinski definition) is 1. The Kier molecular flexibility index (Phi) is 5.04. The van der Waals surface area contributed by atoms with Crippen LogP contribution in [-0.4, -0.2) is 30.9 Å². The lowest BCUT2D eigenvalue weighted by molar-refractivity contribution is 0.102. The van der Waals surface area contributed by atoms with Gasteiger partial charge in [0.05, 0.1) is 11.3 Å². The van der Waals surface area contributed by atoms with E-state index in [9.17, 15) is 4.79 Å². The molecular weight excluding hydrogens is 408 g/mol. The molecule has 0 fully saturated rings. The summed E-state index contributed by atoms with van der Waals surface area (Å²) in [4.78, 5) is 17.3. The highest BCUT2D eigenvalue weighted by atomic mass is 32.1. The first kappa shape index (κ1) is 18.8. The highest BCUT2D eigenvalue weighted by Crippen LogP contribution is 2.28. The topological polar surface area (TPSA) is 85.6 Å². The van der Waals surface area contributed by atoms with Crippen LogP contribution in [0.2, 0.25) is 0 Å². The summed E-state index contributed by atoms with van der Waals surface area (Å²) in [5.41, 5.74) is 3.53. The lowest BCUT2D eigenvalue weighted by atomic mass is 10.1. The van der Waals surface area contributed by atoms with Crippen LogP contribution in [0.1, 0.15) is 10.4 Å². The Labute approximate surface area is 182 Å². The molecule has 0 radical (unpaired) electrons. The normalized spacial score (nSPS) is 10.7. The van der Waals surface area contributed by atoms with E-state index in [1.54, 1.807) is 23.3 Å². The van der Waals surface area contributed by atoms with Crippen LogP contribution in [0, 0.1) is 0 Å². The number of rotatable bonds is 5. The standard InChI is InChI=1S/C23H16N6OS/c30-21(25-23-27-26-22(31-23)16-8-3-1-4-9-16)19-15-29(18-11-5-2-6-12-18)28-20(19)17-10-7-13-24-14-17/h1-15H,(H,25,27,30). The highest BCUT2D eigenvalue weighted by Gasteiger charge is 2.20. The van der Waals surface area contributed by atoms with Gasteiger partial charge >= 0.3 is 0 Å². The second kappa shape index (κ2) is 8.29. The Hall–Kier alpha value is -4.17. The summed E-state index contributed by atoms with van der Waals surface area (Å²) in [6.07, 6.45) is 5.09. The van der Waals surface area contributed by atoms with E-state index in [-0.39, 0.29) is 5.91 Å². The van der Waals surface area contributed by atoms with Gasteiger partial charge in [-0.25, -0.2) is 4.68 Å². The van der Waals surface area contributed by atoms with Gasteiger partial charge in [0.2, 0.25) is 5.13 Å². The van der Waals surface area contributed by atoms with E-state index in [4.69, 9.17) is 0 Å². The number of nitrogens with zero attached hydrogens (tertiary/aromatic N) is 5. The molecule has 150 valence electrons. The largest absolute Gasteiger partial charge is 0.296 e. The second-order valence-corrected chi connectivity index (χ2v) is 7.62. The third-order valence-electron chi connectivity index (χ3n) is 4.58. The van der Waals surface area contributed by atoms with Crippen molar-refractivity contribution in [2.45, 2.75) is 0 Å². The van der Waals surface area contributed by atoms with Gasteiger partial charge in [-0.3, -0.25) is 15.1 Å². The fraction of sp³-hybridized carbons (Fsp3) is 0. The van der Waals surface area contributed by atoms with Crippen LogP contribution in [0.5, 0.6) is 0 Å². The zero-order chi connectivity index (χ0) is 21.0. The predicted molar refractivity (Wildman–Crippen MR) is 120 cm³/mol. The van der Waals surface area contributed by atoms with E-state index in [1.165, 1.54) is 11.3 Å². The number of hydrogen-bond acceptors (Lipinski definition) is 6. The number of nitrogens with one attached hydrogen (secondary N) is 1. The lowest BCUT2D eigenvalue weighted by Crippen LogP contribution is -2.12. The number of aromatic nitrogens is 5. The molecule has 1 amide bonds. The maximum absolute atomic E-state index is 13.2. The summed E-state index contributed by atoms with van der Waals surface area (Å²) in [5.74, 6) is -0.309. The van der Waals surface area contributed by atoms with Gasteiger partial charge in [0.1, 0.15) is 10.7 Å². The minimum Gasteiger partial charge on any atom is -0.296 e. The van der Waals surface area contributed by atoms with Crippen molar-refractivity contribution in [2.75, 3.05) is 5.32 Å². The number of amides is 1. The van der Waals surface area contributed by atoms with Crippen molar-refractivity contribution in [2.24, 2.45) is 0 Å². The SMILES string of the molecule is O=C(Nc1nnc(-c2ccccc2)s1)c1cn(-c2ccccc2)nc1-c1cccnc1. The molecule has 0 spiro atoms. The third-order valence-corrected chi connectivity index (χ3v) is 5.47. The minimum absolute atomic E-state index is 0.309. The quantitative estimate of drug-likeness (QED) is 0.442. The lowest BCUT2D eigenvalue weighted by Gasteiger charge is -2.01. The molecular formula is C23H16N6OS. The maximum atomic E-state index is 13.2. The van der Waals surface area contributed by atoms with E-state index < -0.39 is 0 Å². The van der Waals surface area contributed by atoms with Gasteiger partial charge < -0.3 is 0 Å². The smallest absolute Gasteiger partial charge is 0.261 e. The molecule has 0 aliphatic heterocycles. The summed E-state index contributed by atoms with van der Waals surface area (Å²) in [5, 5.41) is 17.0. The number of carbonyl (C=O) groups excluding carboxylic acids is 1. The molecule has 0 aliphatic rings. The number of pyridine rings is 1. The molecule has 5 aromatic rings. The summed E-state index contributed by atoms with van der Waals surface area (Å²) in [6.45, 7) is 0. The third kappa shape index (κ3) is 3.96. The Morgan fingerprint density at radius 1 is 0.871 bits per heavy atom. The van der Waals surface area contributed by atoms with Crippen LogP contribution in [0.3, 0.4) is 0 Å². The Morgan fingerprint density at radius 2 is 1.61 bits per heavy atom. The summed E-state index contributed by atoms with van der Waals surface area (Å²) >= 11 is 1.32. The van der Waals surface area contributed by atoms with Crippen molar-refractivity contribution in [1.82, 2.24) is 25.0 Å². The van der Waals surface area contributed by atoms with Gasteiger partial charge in [0.25, 0.3) is 5.91 Å². The summed E-state index contributed by atoms with van der Waals surface area (Å²) in [6, 6.07) is 23.1. The minimum atomic E-state index is -0.309. The van der Waals surface area contributed by atoms with Crippen LogP contribution >= 0.6 is 11.3 Å². The van der Waals surface area contributed by atoms with Gasteiger partial charge in [-0.15, -0.1) is 10.2 Å². The van der Waals surface area contributed by atoms with Gasteiger partial charge in [-0.1, -0.05) is 59.9 Å². The van der Waals surface area contributed by atoms with Crippen molar-refractivity contribution in [1.29, 1.82) is 0 Å². The van der Waals surface area contributed by atoms with Crippen LogP contribution in [0.25, 0.3) is 27.5 Å². The number of anilines is 1. The van der Waals surface area contributed by atoms with E-state index in [0.29, 0.717) is 16.4 Å². The van der Waals surface area contributed by atoms with Gasteiger partial charge in [0.15, 0.2) is 0 Å². The van der Waals surface area contributed by atoms with Crippen molar-refractivity contribution < 1.29 is 4.79 Å². The number of carbonyl (C=O) groups is 1. The Morgan fingerprint density at radius 3 is 2.35 bits per heavy atom. The molecule has 3 heterocycles. The number of benzene rings is 2. The fourth-order valence-corrected chi connectivity index (χ4v) is 3.85.